The van der Waals surface area contributed by atoms with Crippen LogP contribution in [0, 0.1) is 5.41 Å². The molecule has 1 atom stereocenters. The molecule has 0 aliphatic heterocycles. The molecule has 0 amide bonds. The third-order valence-electron chi connectivity index (χ3n) is 4.54. The van der Waals surface area contributed by atoms with Crippen LogP contribution in [0.3, 0.4) is 0 Å². The summed E-state index contributed by atoms with van der Waals surface area (Å²) in [5.41, 5.74) is 3.51. The zero-order chi connectivity index (χ0) is 17.7. The fourth-order valence-electron chi connectivity index (χ4n) is 3.12. The van der Waals surface area contributed by atoms with Crippen LogP contribution in [0.1, 0.15) is 50.4 Å². The van der Waals surface area contributed by atoms with Crippen molar-refractivity contribution in [2.75, 3.05) is 11.5 Å². The number of aromatic amines is 1. The first-order chi connectivity index (χ1) is 11.3. The van der Waals surface area contributed by atoms with E-state index >= 15 is 0 Å². The Balaban J connectivity index is 1.91. The van der Waals surface area contributed by atoms with Crippen LogP contribution in [0.4, 0.5) is 0 Å². The van der Waals surface area contributed by atoms with Crippen LogP contribution < -0.4 is 5.56 Å². The van der Waals surface area contributed by atoms with Gasteiger partial charge in [0.2, 0.25) is 0 Å². The average Bonchev–Trinajstić information content (AvgIpc) is 2.51. The van der Waals surface area contributed by atoms with E-state index in [9.17, 15) is 4.79 Å². The number of rotatable bonds is 7. The molecule has 1 aliphatic rings. The summed E-state index contributed by atoms with van der Waals surface area (Å²) in [4.78, 5) is 11.9. The monoisotopic (exact) mass is 368 g/mol. The number of H-pyrrole nitrogens is 1. The lowest BCUT2D eigenvalue weighted by atomic mass is 9.90. The van der Waals surface area contributed by atoms with E-state index in [1.165, 1.54) is 12.0 Å². The fourth-order valence-corrected chi connectivity index (χ4v) is 5.71. The van der Waals surface area contributed by atoms with Gasteiger partial charge in [-0.15, -0.1) is 0 Å². The standard InChI is InChI=1S/C18H32N2O2SSi/c1-18(2,3)16(22-24(4)5)12-23-11-10-15-13-8-6-7-9-14(13)17(21)20-19-15/h16,24H,6-12H2,1-5H3,(H,20,21). The highest BCUT2D eigenvalue weighted by atomic mass is 32.2. The van der Waals surface area contributed by atoms with Crippen molar-refractivity contribution in [1.82, 2.24) is 10.2 Å². The summed E-state index contributed by atoms with van der Waals surface area (Å²) in [7, 11) is -1.03. The molecule has 1 heterocycles. The molecule has 1 N–H and O–H groups in total. The van der Waals surface area contributed by atoms with Gasteiger partial charge >= 0.3 is 0 Å². The highest BCUT2D eigenvalue weighted by Crippen LogP contribution is 2.27. The van der Waals surface area contributed by atoms with E-state index in [0.29, 0.717) is 6.10 Å². The number of aryl methyl sites for hydroxylation is 1. The molecule has 4 nitrogen and oxygen atoms in total. The minimum atomic E-state index is -1.03. The van der Waals surface area contributed by atoms with Gasteiger partial charge in [-0.1, -0.05) is 20.8 Å². The van der Waals surface area contributed by atoms with Crippen molar-refractivity contribution in [3.8, 4) is 0 Å². The molecule has 0 spiro atoms. The molecule has 0 bridgehead atoms. The normalized spacial score (nSPS) is 16.2. The molecule has 0 saturated heterocycles. The summed E-state index contributed by atoms with van der Waals surface area (Å²) in [6.45, 7) is 11.2. The number of thioether (sulfide) groups is 1. The van der Waals surface area contributed by atoms with Crippen molar-refractivity contribution < 1.29 is 4.43 Å². The smallest absolute Gasteiger partial charge is 0.267 e. The SMILES string of the molecule is C[SiH](C)OC(CSCCc1n[nH]c(=O)c2c1CCCC2)C(C)(C)C. The average molecular weight is 369 g/mol. The maximum Gasteiger partial charge on any atom is 0.267 e. The highest BCUT2D eigenvalue weighted by molar-refractivity contribution is 7.99. The maximum atomic E-state index is 11.9. The van der Waals surface area contributed by atoms with Crippen LogP contribution in [-0.4, -0.2) is 36.8 Å². The van der Waals surface area contributed by atoms with Crippen molar-refractivity contribution in [3.63, 3.8) is 0 Å². The quantitative estimate of drug-likeness (QED) is 0.592. The van der Waals surface area contributed by atoms with Crippen molar-refractivity contribution in [3.05, 3.63) is 27.2 Å². The number of aromatic nitrogens is 2. The van der Waals surface area contributed by atoms with E-state index < -0.39 is 9.04 Å². The fraction of sp³-hybridized carbons (Fsp3) is 0.778. The molecule has 1 aromatic rings. The molecule has 1 aliphatic carbocycles. The van der Waals surface area contributed by atoms with Gasteiger partial charge in [-0.2, -0.15) is 16.9 Å². The van der Waals surface area contributed by atoms with E-state index in [1.54, 1.807) is 0 Å². The Labute approximate surface area is 151 Å². The predicted octanol–water partition coefficient (Wildman–Crippen LogP) is 3.34. The van der Waals surface area contributed by atoms with Crippen LogP contribution in [0.2, 0.25) is 13.1 Å². The second-order valence-corrected chi connectivity index (χ2v) is 11.5. The molecule has 24 heavy (non-hydrogen) atoms. The van der Waals surface area contributed by atoms with E-state index in [-0.39, 0.29) is 11.0 Å². The molecule has 136 valence electrons. The van der Waals surface area contributed by atoms with E-state index in [0.717, 1.165) is 48.4 Å². The van der Waals surface area contributed by atoms with Gasteiger partial charge in [0.05, 0.1) is 11.8 Å². The summed E-state index contributed by atoms with van der Waals surface area (Å²) >= 11 is 1.95. The lowest BCUT2D eigenvalue weighted by Gasteiger charge is -2.32. The summed E-state index contributed by atoms with van der Waals surface area (Å²) in [5.74, 6) is 2.06. The first-order valence-corrected chi connectivity index (χ1v) is 13.0. The van der Waals surface area contributed by atoms with E-state index in [1.807, 2.05) is 11.8 Å². The van der Waals surface area contributed by atoms with Gasteiger partial charge in [0.15, 0.2) is 9.04 Å². The lowest BCUT2D eigenvalue weighted by molar-refractivity contribution is 0.108. The molecule has 1 aromatic heterocycles. The Morgan fingerprint density at radius 3 is 2.54 bits per heavy atom. The number of fused-ring (bicyclic) bond motifs is 1. The van der Waals surface area contributed by atoms with Gasteiger partial charge in [0.1, 0.15) is 0 Å². The first kappa shape index (κ1) is 19.7. The number of hydrogen-bond donors (Lipinski definition) is 1. The zero-order valence-corrected chi connectivity index (χ0v) is 17.7. The van der Waals surface area contributed by atoms with Crippen LogP contribution in [0.25, 0.3) is 0 Å². The summed E-state index contributed by atoms with van der Waals surface area (Å²) in [5, 5.41) is 7.02. The molecule has 0 radical (unpaired) electrons. The lowest BCUT2D eigenvalue weighted by Crippen LogP contribution is -2.35. The van der Waals surface area contributed by atoms with Crippen molar-refractivity contribution in [1.29, 1.82) is 0 Å². The number of hydrogen-bond acceptors (Lipinski definition) is 4. The maximum absolute atomic E-state index is 11.9. The van der Waals surface area contributed by atoms with Crippen molar-refractivity contribution in [2.45, 2.75) is 72.1 Å². The Morgan fingerprint density at radius 1 is 1.25 bits per heavy atom. The first-order valence-electron chi connectivity index (χ1n) is 9.11. The van der Waals surface area contributed by atoms with Crippen molar-refractivity contribution >= 4 is 20.8 Å². The largest absolute Gasteiger partial charge is 0.416 e. The number of nitrogens with one attached hydrogen (secondary N) is 1. The Kier molecular flexibility index (Phi) is 7.13. The molecule has 1 unspecified atom stereocenters. The Morgan fingerprint density at radius 2 is 1.92 bits per heavy atom. The molecule has 0 fully saturated rings. The van der Waals surface area contributed by atoms with Gasteiger partial charge in [-0.3, -0.25) is 4.79 Å². The van der Waals surface area contributed by atoms with Gasteiger partial charge < -0.3 is 4.43 Å². The minimum absolute atomic E-state index is 0.0178. The zero-order valence-electron chi connectivity index (χ0n) is 15.8. The topological polar surface area (TPSA) is 55.0 Å². The highest BCUT2D eigenvalue weighted by Gasteiger charge is 2.26. The summed E-state index contributed by atoms with van der Waals surface area (Å²) < 4.78 is 6.23. The van der Waals surface area contributed by atoms with Crippen LogP contribution in [0.5, 0.6) is 0 Å². The van der Waals surface area contributed by atoms with Crippen LogP contribution in [0.15, 0.2) is 4.79 Å². The van der Waals surface area contributed by atoms with Gasteiger partial charge in [0, 0.05) is 17.7 Å². The third-order valence-corrected chi connectivity index (χ3v) is 6.44. The van der Waals surface area contributed by atoms with Crippen molar-refractivity contribution in [2.24, 2.45) is 5.41 Å². The van der Waals surface area contributed by atoms with E-state index in [2.05, 4.69) is 44.1 Å². The molecule has 2 rings (SSSR count). The third kappa shape index (κ3) is 5.46. The molecular weight excluding hydrogens is 336 g/mol. The molecular formula is C18H32N2O2SSi. The van der Waals surface area contributed by atoms with Gasteiger partial charge in [0.25, 0.3) is 5.56 Å². The van der Waals surface area contributed by atoms with Gasteiger partial charge in [-0.05, 0) is 55.5 Å². The molecule has 0 saturated carbocycles. The van der Waals surface area contributed by atoms with Crippen LogP contribution in [-0.2, 0) is 23.7 Å². The summed E-state index contributed by atoms with van der Waals surface area (Å²) in [6, 6.07) is 0. The minimum Gasteiger partial charge on any atom is -0.416 e. The molecule has 0 aromatic carbocycles. The predicted molar refractivity (Wildman–Crippen MR) is 106 cm³/mol. The second kappa shape index (κ2) is 8.67. The summed E-state index contributed by atoms with van der Waals surface area (Å²) in [6.07, 6.45) is 5.46. The number of nitrogens with zero attached hydrogens (tertiary/aromatic N) is 1. The second-order valence-electron chi connectivity index (χ2n) is 8.03. The van der Waals surface area contributed by atoms with Crippen LogP contribution >= 0.6 is 11.8 Å². The Bertz CT molecular complexity index is 596. The Hall–Kier alpha value is -0.593. The van der Waals surface area contributed by atoms with Gasteiger partial charge in [-0.25, -0.2) is 5.10 Å². The van der Waals surface area contributed by atoms with E-state index in [4.69, 9.17) is 4.43 Å². The molecule has 6 heteroatoms.